The van der Waals surface area contributed by atoms with Gasteiger partial charge in [-0.25, -0.2) is 9.97 Å². The predicted molar refractivity (Wildman–Crippen MR) is 73.5 cm³/mol. The van der Waals surface area contributed by atoms with Gasteiger partial charge >= 0.3 is 0 Å². The van der Waals surface area contributed by atoms with Crippen LogP contribution in [0.1, 0.15) is 5.69 Å². The molecule has 3 rings (SSSR count). The number of nitrogens with one attached hydrogen (secondary N) is 1. The van der Waals surface area contributed by atoms with Gasteiger partial charge < -0.3 is 14.5 Å². The van der Waals surface area contributed by atoms with E-state index in [4.69, 9.17) is 14.7 Å². The van der Waals surface area contributed by atoms with Crippen molar-refractivity contribution in [1.82, 2.24) is 15.0 Å². The van der Waals surface area contributed by atoms with Gasteiger partial charge in [-0.15, -0.1) is 0 Å². The lowest BCUT2D eigenvalue weighted by molar-refractivity contribution is 0.146. The molecule has 0 aromatic carbocycles. The molecule has 0 saturated heterocycles. The number of ether oxygens (including phenoxy) is 2. The molecule has 0 unspecified atom stereocenters. The molecule has 0 amide bonds. The van der Waals surface area contributed by atoms with E-state index in [0.717, 1.165) is 21.9 Å². The molecule has 0 aliphatic rings. The van der Waals surface area contributed by atoms with E-state index in [0.29, 0.717) is 24.7 Å². The van der Waals surface area contributed by atoms with Gasteiger partial charge in [-0.3, -0.25) is 0 Å². The fraction of sp³-hybridized carbons (Fsp3) is 0.214. The van der Waals surface area contributed by atoms with Crippen LogP contribution >= 0.6 is 0 Å². The van der Waals surface area contributed by atoms with E-state index >= 15 is 0 Å². The number of methoxy groups -OCH3 is 1. The lowest BCUT2D eigenvalue weighted by atomic mass is 10.2. The molecule has 1 N–H and O–H groups in total. The molecule has 0 bridgehead atoms. The summed E-state index contributed by atoms with van der Waals surface area (Å²) in [6.07, 6.45) is 3.30. The van der Waals surface area contributed by atoms with Crippen LogP contribution in [0.25, 0.3) is 21.9 Å². The molecule has 3 aromatic heterocycles. The Morgan fingerprint density at radius 2 is 2.10 bits per heavy atom. The maximum absolute atomic E-state index is 8.93. The first-order chi connectivity index (χ1) is 9.81. The van der Waals surface area contributed by atoms with Gasteiger partial charge in [0.15, 0.2) is 0 Å². The second-order valence-corrected chi connectivity index (χ2v) is 4.26. The molecule has 100 valence electrons. The third-order valence-corrected chi connectivity index (χ3v) is 2.98. The van der Waals surface area contributed by atoms with Crippen LogP contribution in [0.15, 0.2) is 24.5 Å². The van der Waals surface area contributed by atoms with Crippen molar-refractivity contribution < 1.29 is 9.47 Å². The van der Waals surface area contributed by atoms with Crippen molar-refractivity contribution in [2.75, 3.05) is 20.3 Å². The number of aromatic amines is 1. The first kappa shape index (κ1) is 12.4. The van der Waals surface area contributed by atoms with Gasteiger partial charge in [0.1, 0.15) is 29.8 Å². The highest BCUT2D eigenvalue weighted by atomic mass is 16.5. The fourth-order valence-corrected chi connectivity index (χ4v) is 2.04. The summed E-state index contributed by atoms with van der Waals surface area (Å²) in [7, 11) is 1.63. The summed E-state index contributed by atoms with van der Waals surface area (Å²) in [6, 6.07) is 5.68. The van der Waals surface area contributed by atoms with Crippen molar-refractivity contribution in [2.45, 2.75) is 0 Å². The van der Waals surface area contributed by atoms with E-state index in [-0.39, 0.29) is 0 Å². The van der Waals surface area contributed by atoms with Gasteiger partial charge in [0.25, 0.3) is 0 Å². The zero-order valence-electron chi connectivity index (χ0n) is 10.9. The standard InChI is InChI=1S/C14H12N4O2/c1-19-2-3-20-10-5-12-11-4-9(6-15)16-8-13(11)18-14(12)17-7-10/h4-5,7-8H,2-3H2,1H3,(H,17,18). The van der Waals surface area contributed by atoms with Gasteiger partial charge in [-0.1, -0.05) is 0 Å². The molecular weight excluding hydrogens is 256 g/mol. The third kappa shape index (κ3) is 2.15. The molecule has 0 atom stereocenters. The summed E-state index contributed by atoms with van der Waals surface area (Å²) in [5.41, 5.74) is 1.97. The Labute approximate surface area is 115 Å². The van der Waals surface area contributed by atoms with Crippen molar-refractivity contribution in [3.8, 4) is 11.8 Å². The van der Waals surface area contributed by atoms with Gasteiger partial charge in [0, 0.05) is 17.9 Å². The second-order valence-electron chi connectivity index (χ2n) is 4.26. The van der Waals surface area contributed by atoms with E-state index in [1.165, 1.54) is 0 Å². The molecule has 3 heterocycles. The molecule has 3 aromatic rings. The second kappa shape index (κ2) is 5.15. The minimum absolute atomic E-state index is 0.379. The van der Waals surface area contributed by atoms with Gasteiger partial charge in [0.2, 0.25) is 0 Å². The van der Waals surface area contributed by atoms with Crippen LogP contribution in [0.3, 0.4) is 0 Å². The Hall–Kier alpha value is -2.65. The Bertz CT molecular complexity index is 804. The van der Waals surface area contributed by atoms with E-state index in [1.807, 2.05) is 12.1 Å². The van der Waals surface area contributed by atoms with Crippen LogP contribution in [-0.2, 0) is 4.74 Å². The normalized spacial score (nSPS) is 10.8. The van der Waals surface area contributed by atoms with E-state index in [1.54, 1.807) is 25.6 Å². The van der Waals surface area contributed by atoms with E-state index in [2.05, 4.69) is 15.0 Å². The summed E-state index contributed by atoms with van der Waals surface area (Å²) in [5, 5.41) is 10.8. The van der Waals surface area contributed by atoms with Crippen molar-refractivity contribution in [3.05, 3.63) is 30.2 Å². The third-order valence-electron chi connectivity index (χ3n) is 2.98. The Balaban J connectivity index is 2.07. The minimum atomic E-state index is 0.379. The number of nitrogens with zero attached hydrogens (tertiary/aromatic N) is 3. The summed E-state index contributed by atoms with van der Waals surface area (Å²) < 4.78 is 10.5. The highest BCUT2D eigenvalue weighted by Gasteiger charge is 2.08. The number of pyridine rings is 2. The zero-order valence-corrected chi connectivity index (χ0v) is 10.9. The Morgan fingerprint density at radius 3 is 2.90 bits per heavy atom. The van der Waals surface area contributed by atoms with Crippen LogP contribution in [0.2, 0.25) is 0 Å². The largest absolute Gasteiger partial charge is 0.490 e. The lowest BCUT2D eigenvalue weighted by Gasteiger charge is -2.04. The molecule has 6 nitrogen and oxygen atoms in total. The molecular formula is C14H12N4O2. The zero-order chi connectivity index (χ0) is 13.9. The Kier molecular flexibility index (Phi) is 3.19. The molecule has 0 fully saturated rings. The highest BCUT2D eigenvalue weighted by molar-refractivity contribution is 6.06. The number of hydrogen-bond acceptors (Lipinski definition) is 5. The number of aromatic nitrogens is 3. The van der Waals surface area contributed by atoms with Crippen molar-refractivity contribution in [2.24, 2.45) is 0 Å². The molecule has 6 heteroatoms. The van der Waals surface area contributed by atoms with Crippen molar-refractivity contribution in [3.63, 3.8) is 0 Å². The van der Waals surface area contributed by atoms with Crippen LogP contribution in [-0.4, -0.2) is 35.3 Å². The molecule has 20 heavy (non-hydrogen) atoms. The molecule has 0 radical (unpaired) electrons. The SMILES string of the molecule is COCCOc1cnc2[nH]c3cnc(C#N)cc3c2c1. The molecule has 0 aliphatic heterocycles. The minimum Gasteiger partial charge on any atom is -0.490 e. The van der Waals surface area contributed by atoms with Crippen LogP contribution in [0, 0.1) is 11.3 Å². The number of nitriles is 1. The van der Waals surface area contributed by atoms with Gasteiger partial charge in [-0.2, -0.15) is 5.26 Å². The molecule has 0 saturated carbocycles. The first-order valence-corrected chi connectivity index (χ1v) is 6.11. The maximum atomic E-state index is 8.93. The smallest absolute Gasteiger partial charge is 0.141 e. The Morgan fingerprint density at radius 1 is 1.20 bits per heavy atom. The number of fused-ring (bicyclic) bond motifs is 3. The summed E-state index contributed by atoms with van der Waals surface area (Å²) >= 11 is 0. The summed E-state index contributed by atoms with van der Waals surface area (Å²) in [6.45, 7) is 0.992. The quantitative estimate of drug-likeness (QED) is 0.732. The highest BCUT2D eigenvalue weighted by Crippen LogP contribution is 2.26. The average molecular weight is 268 g/mol. The van der Waals surface area contributed by atoms with Gasteiger partial charge in [0.05, 0.1) is 24.5 Å². The topological polar surface area (TPSA) is 83.8 Å². The summed E-state index contributed by atoms with van der Waals surface area (Å²) in [4.78, 5) is 11.5. The van der Waals surface area contributed by atoms with Crippen LogP contribution < -0.4 is 4.74 Å². The fourth-order valence-electron chi connectivity index (χ4n) is 2.04. The number of rotatable bonds is 4. The molecule has 0 aliphatic carbocycles. The molecule has 0 spiro atoms. The van der Waals surface area contributed by atoms with Gasteiger partial charge in [-0.05, 0) is 12.1 Å². The van der Waals surface area contributed by atoms with E-state index in [9.17, 15) is 0 Å². The monoisotopic (exact) mass is 268 g/mol. The number of H-pyrrole nitrogens is 1. The van der Waals surface area contributed by atoms with E-state index < -0.39 is 0 Å². The number of hydrogen-bond donors (Lipinski definition) is 1. The van der Waals surface area contributed by atoms with Crippen molar-refractivity contribution in [1.29, 1.82) is 5.26 Å². The average Bonchev–Trinajstić information content (AvgIpc) is 2.84. The maximum Gasteiger partial charge on any atom is 0.141 e. The van der Waals surface area contributed by atoms with Crippen LogP contribution in [0.4, 0.5) is 0 Å². The summed E-state index contributed by atoms with van der Waals surface area (Å²) in [5.74, 6) is 0.672. The van der Waals surface area contributed by atoms with Crippen LogP contribution in [0.5, 0.6) is 5.75 Å². The predicted octanol–water partition coefficient (Wildman–Crippen LogP) is 2.01. The van der Waals surface area contributed by atoms with Crippen molar-refractivity contribution >= 4 is 21.9 Å². The lowest BCUT2D eigenvalue weighted by Crippen LogP contribution is -2.04. The first-order valence-electron chi connectivity index (χ1n) is 6.11.